The maximum absolute atomic E-state index is 12.1. The van der Waals surface area contributed by atoms with Crippen molar-refractivity contribution in [3.8, 4) is 11.5 Å². The van der Waals surface area contributed by atoms with Crippen LogP contribution in [0.1, 0.15) is 137 Å². The van der Waals surface area contributed by atoms with Gasteiger partial charge in [0.15, 0.2) is 0 Å². The van der Waals surface area contributed by atoms with E-state index in [1.807, 2.05) is 19.1 Å². The van der Waals surface area contributed by atoms with Gasteiger partial charge in [-0.3, -0.25) is 9.59 Å². The van der Waals surface area contributed by atoms with Crippen LogP contribution in [0.15, 0.2) is 12.1 Å². The van der Waals surface area contributed by atoms with Crippen molar-refractivity contribution >= 4 is 11.9 Å². The van der Waals surface area contributed by atoms with E-state index in [0.29, 0.717) is 45.5 Å². The third kappa shape index (κ3) is 12.1. The predicted molar refractivity (Wildman–Crippen MR) is 154 cm³/mol. The smallest absolute Gasteiger partial charge is 0.305 e. The number of carbonyl (C=O) groups is 2. The number of aromatic hydroxyl groups is 1. The average Bonchev–Trinajstić information content (AvgIpc) is 2.85. The van der Waals surface area contributed by atoms with Crippen LogP contribution in [0, 0.1) is 0 Å². The molecule has 0 unspecified atom stereocenters. The van der Waals surface area contributed by atoms with Gasteiger partial charge in [0.2, 0.25) is 0 Å². The molecule has 6 heteroatoms. The molecule has 0 amide bonds. The maximum Gasteiger partial charge on any atom is 0.305 e. The van der Waals surface area contributed by atoms with Gasteiger partial charge in [-0.2, -0.15) is 0 Å². The van der Waals surface area contributed by atoms with E-state index in [-0.39, 0.29) is 28.5 Å². The van der Waals surface area contributed by atoms with Crippen LogP contribution in [0.3, 0.4) is 0 Å². The summed E-state index contributed by atoms with van der Waals surface area (Å²) in [6.45, 7) is 16.1. The summed E-state index contributed by atoms with van der Waals surface area (Å²) in [7, 11) is 0. The summed E-state index contributed by atoms with van der Waals surface area (Å²) in [4.78, 5) is 24.2. The van der Waals surface area contributed by atoms with Crippen molar-refractivity contribution in [1.82, 2.24) is 0 Å². The molecular formula is C32H54O6. The molecule has 6 nitrogen and oxygen atoms in total. The van der Waals surface area contributed by atoms with Gasteiger partial charge in [-0.05, 0) is 68.4 Å². The third-order valence-electron chi connectivity index (χ3n) is 7.24. The Morgan fingerprint density at radius 2 is 1.18 bits per heavy atom. The SMILES string of the molecule is CCCCCOC(=O)CCCC(C)(C)c1cc(OCC)c(C(C)(C)CCCC(=O)OCCCCC)cc1O. The molecule has 1 N–H and O–H groups in total. The molecule has 1 aromatic rings. The number of rotatable bonds is 20. The van der Waals surface area contributed by atoms with Crippen LogP contribution in [0.25, 0.3) is 0 Å². The topological polar surface area (TPSA) is 82.1 Å². The Hall–Kier alpha value is -2.24. The van der Waals surface area contributed by atoms with Crippen LogP contribution >= 0.6 is 0 Å². The van der Waals surface area contributed by atoms with Crippen LogP contribution in [-0.2, 0) is 29.9 Å². The highest BCUT2D eigenvalue weighted by molar-refractivity contribution is 5.69. The van der Waals surface area contributed by atoms with Crippen LogP contribution in [0.4, 0.5) is 0 Å². The largest absolute Gasteiger partial charge is 0.508 e. The molecule has 0 aromatic heterocycles. The second-order valence-electron chi connectivity index (χ2n) is 11.6. The van der Waals surface area contributed by atoms with Crippen molar-refractivity contribution in [2.24, 2.45) is 0 Å². The van der Waals surface area contributed by atoms with Crippen molar-refractivity contribution < 1.29 is 28.9 Å². The Labute approximate surface area is 231 Å². The van der Waals surface area contributed by atoms with E-state index >= 15 is 0 Å². The fourth-order valence-corrected chi connectivity index (χ4v) is 4.75. The number of phenols is 1. The van der Waals surface area contributed by atoms with Crippen LogP contribution in [0.2, 0.25) is 0 Å². The molecular weight excluding hydrogens is 480 g/mol. The summed E-state index contributed by atoms with van der Waals surface area (Å²) in [6, 6.07) is 3.79. The molecule has 0 saturated heterocycles. The second kappa shape index (κ2) is 17.4. The van der Waals surface area contributed by atoms with Crippen molar-refractivity contribution in [2.75, 3.05) is 19.8 Å². The fraction of sp³-hybridized carbons (Fsp3) is 0.750. The summed E-state index contributed by atoms with van der Waals surface area (Å²) >= 11 is 0. The normalized spacial score (nSPS) is 11.9. The molecule has 0 aliphatic carbocycles. The molecule has 0 atom stereocenters. The average molecular weight is 535 g/mol. The molecule has 0 saturated carbocycles. The van der Waals surface area contributed by atoms with Crippen LogP contribution in [-0.4, -0.2) is 36.9 Å². The van der Waals surface area contributed by atoms with E-state index in [4.69, 9.17) is 14.2 Å². The summed E-state index contributed by atoms with van der Waals surface area (Å²) in [6.07, 6.45) is 9.82. The molecule has 0 heterocycles. The number of ether oxygens (including phenoxy) is 3. The molecule has 0 bridgehead atoms. The molecule has 0 aliphatic rings. The first-order chi connectivity index (χ1) is 18.0. The maximum atomic E-state index is 12.1. The zero-order valence-corrected chi connectivity index (χ0v) is 25.2. The highest BCUT2D eigenvalue weighted by Gasteiger charge is 2.30. The molecule has 218 valence electrons. The standard InChI is InChI=1S/C32H54O6/c1-8-11-13-21-37-29(34)17-15-19-31(4,5)25-24-28(36-10-3)26(23-27(25)33)32(6,7)20-16-18-30(35)38-22-14-12-9-2/h23-24,33H,8-22H2,1-7H3. The van der Waals surface area contributed by atoms with E-state index in [1.165, 1.54) is 0 Å². The third-order valence-corrected chi connectivity index (χ3v) is 7.24. The summed E-state index contributed by atoms with van der Waals surface area (Å²) in [5, 5.41) is 11.1. The quantitative estimate of drug-likeness (QED) is 0.134. The van der Waals surface area contributed by atoms with Gasteiger partial charge in [0.25, 0.3) is 0 Å². The fourth-order valence-electron chi connectivity index (χ4n) is 4.75. The van der Waals surface area contributed by atoms with Gasteiger partial charge in [0.1, 0.15) is 11.5 Å². The zero-order valence-electron chi connectivity index (χ0n) is 25.2. The number of hydrogen-bond acceptors (Lipinski definition) is 6. The summed E-state index contributed by atoms with van der Waals surface area (Å²) in [5.41, 5.74) is 1.10. The van der Waals surface area contributed by atoms with Gasteiger partial charge in [0.05, 0.1) is 19.8 Å². The first-order valence-corrected chi connectivity index (χ1v) is 14.8. The number of hydrogen-bond donors (Lipinski definition) is 1. The highest BCUT2D eigenvalue weighted by atomic mass is 16.5. The van der Waals surface area contributed by atoms with Crippen LogP contribution in [0.5, 0.6) is 11.5 Å². The lowest BCUT2D eigenvalue weighted by molar-refractivity contribution is -0.144. The predicted octanol–water partition coefficient (Wildman–Crippen LogP) is 8.15. The minimum absolute atomic E-state index is 0.147. The van der Waals surface area contributed by atoms with Crippen molar-refractivity contribution in [2.45, 2.75) is 136 Å². The Morgan fingerprint density at radius 3 is 1.63 bits per heavy atom. The zero-order chi connectivity index (χ0) is 28.6. The monoisotopic (exact) mass is 534 g/mol. The minimum Gasteiger partial charge on any atom is -0.508 e. The molecule has 0 aliphatic heterocycles. The van der Waals surface area contributed by atoms with E-state index in [2.05, 4.69) is 41.5 Å². The van der Waals surface area contributed by atoms with Gasteiger partial charge in [-0.1, -0.05) is 67.2 Å². The molecule has 0 fully saturated rings. The van der Waals surface area contributed by atoms with Gasteiger partial charge in [0, 0.05) is 24.0 Å². The lowest BCUT2D eigenvalue weighted by Crippen LogP contribution is -2.22. The Balaban J connectivity index is 2.83. The van der Waals surface area contributed by atoms with E-state index in [0.717, 1.165) is 68.2 Å². The first-order valence-electron chi connectivity index (χ1n) is 14.8. The van der Waals surface area contributed by atoms with Gasteiger partial charge < -0.3 is 19.3 Å². The van der Waals surface area contributed by atoms with E-state index < -0.39 is 0 Å². The first kappa shape index (κ1) is 33.8. The van der Waals surface area contributed by atoms with Gasteiger partial charge >= 0.3 is 11.9 Å². The van der Waals surface area contributed by atoms with Crippen molar-refractivity contribution in [1.29, 1.82) is 0 Å². The van der Waals surface area contributed by atoms with Gasteiger partial charge in [-0.25, -0.2) is 0 Å². The Kier molecular flexibility index (Phi) is 15.4. The van der Waals surface area contributed by atoms with E-state index in [1.54, 1.807) is 0 Å². The number of esters is 2. The van der Waals surface area contributed by atoms with Crippen molar-refractivity contribution in [3.63, 3.8) is 0 Å². The molecule has 0 radical (unpaired) electrons. The molecule has 38 heavy (non-hydrogen) atoms. The minimum atomic E-state index is -0.345. The number of carbonyl (C=O) groups excluding carboxylic acids is 2. The molecule has 1 rings (SSSR count). The number of benzene rings is 1. The van der Waals surface area contributed by atoms with Gasteiger partial charge in [-0.15, -0.1) is 0 Å². The summed E-state index contributed by atoms with van der Waals surface area (Å²) < 4.78 is 16.7. The van der Waals surface area contributed by atoms with Crippen molar-refractivity contribution in [3.05, 3.63) is 23.3 Å². The second-order valence-corrected chi connectivity index (χ2v) is 11.6. The Bertz CT molecular complexity index is 843. The van der Waals surface area contributed by atoms with E-state index in [9.17, 15) is 14.7 Å². The lowest BCUT2D eigenvalue weighted by Gasteiger charge is -2.31. The molecule has 1 aromatic carbocycles. The Morgan fingerprint density at radius 1 is 0.711 bits per heavy atom. The lowest BCUT2D eigenvalue weighted by atomic mass is 9.75. The summed E-state index contributed by atoms with van der Waals surface area (Å²) in [5.74, 6) is 0.694. The number of unbranched alkanes of at least 4 members (excludes halogenated alkanes) is 4. The number of phenolic OH excluding ortho intramolecular Hbond substituents is 1. The highest BCUT2D eigenvalue weighted by Crippen LogP contribution is 2.44. The molecule has 0 spiro atoms. The van der Waals surface area contributed by atoms with Crippen LogP contribution < -0.4 is 4.74 Å².